The SMILES string of the molecule is CC(C)(C)c1nnc2ccc(N3CCC(C(N)=O)CC3)nn12. The van der Waals surface area contributed by atoms with Crippen molar-refractivity contribution in [2.45, 2.75) is 39.0 Å². The number of amides is 1. The second-order valence-corrected chi connectivity index (χ2v) is 6.90. The van der Waals surface area contributed by atoms with E-state index in [9.17, 15) is 4.79 Å². The van der Waals surface area contributed by atoms with E-state index in [-0.39, 0.29) is 17.2 Å². The monoisotopic (exact) mass is 302 g/mol. The lowest BCUT2D eigenvalue weighted by Gasteiger charge is -2.31. The van der Waals surface area contributed by atoms with Crippen molar-refractivity contribution >= 4 is 17.4 Å². The molecule has 2 aromatic heterocycles. The maximum atomic E-state index is 11.3. The zero-order valence-electron chi connectivity index (χ0n) is 13.3. The summed E-state index contributed by atoms with van der Waals surface area (Å²) in [5.41, 5.74) is 6.02. The van der Waals surface area contributed by atoms with Crippen LogP contribution in [0.25, 0.3) is 5.65 Å². The van der Waals surface area contributed by atoms with E-state index in [1.165, 1.54) is 0 Å². The van der Waals surface area contributed by atoms with Crippen molar-refractivity contribution in [1.82, 2.24) is 19.8 Å². The normalized spacial score (nSPS) is 17.1. The number of fused-ring (bicyclic) bond motifs is 1. The van der Waals surface area contributed by atoms with Crippen LogP contribution in [0.4, 0.5) is 5.82 Å². The number of rotatable bonds is 2. The number of piperidine rings is 1. The zero-order valence-corrected chi connectivity index (χ0v) is 13.3. The summed E-state index contributed by atoms with van der Waals surface area (Å²) in [4.78, 5) is 13.4. The third-order valence-electron chi connectivity index (χ3n) is 4.14. The van der Waals surface area contributed by atoms with E-state index in [0.29, 0.717) is 0 Å². The van der Waals surface area contributed by atoms with Crippen LogP contribution in [0.1, 0.15) is 39.4 Å². The van der Waals surface area contributed by atoms with Gasteiger partial charge in [0, 0.05) is 24.4 Å². The van der Waals surface area contributed by atoms with Crippen LogP contribution in [-0.2, 0) is 10.2 Å². The van der Waals surface area contributed by atoms with Gasteiger partial charge in [0.15, 0.2) is 11.5 Å². The van der Waals surface area contributed by atoms with E-state index in [4.69, 9.17) is 10.8 Å². The van der Waals surface area contributed by atoms with Crippen molar-refractivity contribution in [3.05, 3.63) is 18.0 Å². The van der Waals surface area contributed by atoms with Crippen molar-refractivity contribution in [2.24, 2.45) is 11.7 Å². The van der Waals surface area contributed by atoms with Crippen molar-refractivity contribution < 1.29 is 4.79 Å². The van der Waals surface area contributed by atoms with E-state index in [2.05, 4.69) is 35.9 Å². The second-order valence-electron chi connectivity index (χ2n) is 6.90. The zero-order chi connectivity index (χ0) is 15.9. The molecule has 7 heteroatoms. The molecule has 0 radical (unpaired) electrons. The average molecular weight is 302 g/mol. The quantitative estimate of drug-likeness (QED) is 0.898. The highest BCUT2D eigenvalue weighted by Gasteiger charge is 2.25. The van der Waals surface area contributed by atoms with Gasteiger partial charge in [-0.3, -0.25) is 4.79 Å². The second kappa shape index (κ2) is 5.23. The van der Waals surface area contributed by atoms with Gasteiger partial charge in [-0.2, -0.15) is 4.52 Å². The van der Waals surface area contributed by atoms with E-state index >= 15 is 0 Å². The Labute approximate surface area is 129 Å². The number of primary amides is 1. The predicted molar refractivity (Wildman–Crippen MR) is 83.6 cm³/mol. The molecule has 0 bridgehead atoms. The topological polar surface area (TPSA) is 89.4 Å². The molecule has 1 fully saturated rings. The highest BCUT2D eigenvalue weighted by atomic mass is 16.1. The van der Waals surface area contributed by atoms with E-state index in [1.54, 1.807) is 0 Å². The summed E-state index contributed by atoms with van der Waals surface area (Å²) in [6.07, 6.45) is 1.56. The molecule has 3 rings (SSSR count). The molecule has 1 amide bonds. The Hall–Kier alpha value is -2.18. The molecule has 1 aliphatic rings. The molecule has 7 nitrogen and oxygen atoms in total. The van der Waals surface area contributed by atoms with Crippen molar-refractivity contribution in [1.29, 1.82) is 0 Å². The molecule has 0 spiro atoms. The first-order valence-electron chi connectivity index (χ1n) is 7.63. The van der Waals surface area contributed by atoms with Gasteiger partial charge < -0.3 is 10.6 Å². The third-order valence-corrected chi connectivity index (χ3v) is 4.14. The van der Waals surface area contributed by atoms with E-state index in [1.807, 2.05) is 16.6 Å². The van der Waals surface area contributed by atoms with Gasteiger partial charge in [-0.05, 0) is 25.0 Å². The lowest BCUT2D eigenvalue weighted by atomic mass is 9.96. The summed E-state index contributed by atoms with van der Waals surface area (Å²) in [7, 11) is 0. The van der Waals surface area contributed by atoms with Crippen molar-refractivity contribution in [3.8, 4) is 0 Å². The molecule has 3 heterocycles. The molecule has 1 aliphatic heterocycles. The van der Waals surface area contributed by atoms with Crippen LogP contribution in [0.2, 0.25) is 0 Å². The number of hydrogen-bond acceptors (Lipinski definition) is 5. The minimum absolute atomic E-state index is 0.0139. The van der Waals surface area contributed by atoms with Crippen LogP contribution in [0.3, 0.4) is 0 Å². The van der Waals surface area contributed by atoms with Gasteiger partial charge in [-0.25, -0.2) is 0 Å². The largest absolute Gasteiger partial charge is 0.369 e. The molecular weight excluding hydrogens is 280 g/mol. The van der Waals surface area contributed by atoms with Crippen LogP contribution >= 0.6 is 0 Å². The van der Waals surface area contributed by atoms with Crippen LogP contribution in [0.15, 0.2) is 12.1 Å². The van der Waals surface area contributed by atoms with Crippen LogP contribution < -0.4 is 10.6 Å². The molecule has 22 heavy (non-hydrogen) atoms. The van der Waals surface area contributed by atoms with E-state index in [0.717, 1.165) is 43.2 Å². The van der Waals surface area contributed by atoms with Crippen molar-refractivity contribution in [2.75, 3.05) is 18.0 Å². The smallest absolute Gasteiger partial charge is 0.220 e. The minimum atomic E-state index is -0.197. The summed E-state index contributed by atoms with van der Waals surface area (Å²) >= 11 is 0. The maximum absolute atomic E-state index is 11.3. The number of hydrogen-bond donors (Lipinski definition) is 1. The Morgan fingerprint density at radius 1 is 1.23 bits per heavy atom. The average Bonchev–Trinajstić information content (AvgIpc) is 2.90. The lowest BCUT2D eigenvalue weighted by Crippen LogP contribution is -2.39. The minimum Gasteiger partial charge on any atom is -0.369 e. The third kappa shape index (κ3) is 2.63. The number of nitrogens with zero attached hydrogens (tertiary/aromatic N) is 5. The van der Waals surface area contributed by atoms with Crippen LogP contribution in [0, 0.1) is 5.92 Å². The highest BCUT2D eigenvalue weighted by Crippen LogP contribution is 2.24. The number of carbonyl (C=O) groups is 1. The van der Waals surface area contributed by atoms with Gasteiger partial charge in [-0.1, -0.05) is 20.8 Å². The van der Waals surface area contributed by atoms with Gasteiger partial charge in [0.25, 0.3) is 0 Å². The lowest BCUT2D eigenvalue weighted by molar-refractivity contribution is -0.122. The van der Waals surface area contributed by atoms with Gasteiger partial charge in [-0.15, -0.1) is 15.3 Å². The molecule has 2 aromatic rings. The predicted octanol–water partition coefficient (Wildman–Crippen LogP) is 1.12. The first kappa shape index (κ1) is 14.7. The van der Waals surface area contributed by atoms with Crippen LogP contribution in [-0.4, -0.2) is 38.8 Å². The maximum Gasteiger partial charge on any atom is 0.220 e. The fraction of sp³-hybridized carbons (Fsp3) is 0.600. The molecular formula is C15H22N6O. The number of anilines is 1. The Kier molecular flexibility index (Phi) is 3.50. The van der Waals surface area contributed by atoms with Gasteiger partial charge >= 0.3 is 0 Å². The summed E-state index contributed by atoms with van der Waals surface area (Å²) in [6, 6.07) is 3.89. The molecule has 0 atom stereocenters. The van der Waals surface area contributed by atoms with E-state index < -0.39 is 0 Å². The molecule has 0 unspecified atom stereocenters. The van der Waals surface area contributed by atoms with Crippen molar-refractivity contribution in [3.63, 3.8) is 0 Å². The summed E-state index contributed by atoms with van der Waals surface area (Å²) < 4.78 is 1.81. The highest BCUT2D eigenvalue weighted by molar-refractivity contribution is 5.77. The number of carbonyl (C=O) groups excluding carboxylic acids is 1. The van der Waals surface area contributed by atoms with Crippen LogP contribution in [0.5, 0.6) is 0 Å². The Bertz CT molecular complexity index is 694. The summed E-state index contributed by atoms with van der Waals surface area (Å²) in [5, 5.41) is 13.1. The summed E-state index contributed by atoms with van der Waals surface area (Å²) in [6.45, 7) is 7.86. The van der Waals surface area contributed by atoms with Gasteiger partial charge in [0.1, 0.15) is 5.82 Å². The molecule has 1 saturated heterocycles. The first-order chi connectivity index (χ1) is 10.4. The van der Waals surface area contributed by atoms with Gasteiger partial charge in [0.2, 0.25) is 5.91 Å². The molecule has 2 N–H and O–H groups in total. The fourth-order valence-corrected chi connectivity index (χ4v) is 2.81. The standard InChI is InChI=1S/C15H22N6O/c1-15(2,3)14-18-17-11-4-5-12(19-21(11)14)20-8-6-10(7-9-20)13(16)22/h4-5,10H,6-9H2,1-3H3,(H2,16,22). The number of nitrogens with two attached hydrogens (primary N) is 1. The first-order valence-corrected chi connectivity index (χ1v) is 7.63. The molecule has 0 aliphatic carbocycles. The Morgan fingerprint density at radius 2 is 1.91 bits per heavy atom. The fourth-order valence-electron chi connectivity index (χ4n) is 2.81. The van der Waals surface area contributed by atoms with Gasteiger partial charge in [0.05, 0.1) is 0 Å². The molecule has 0 aromatic carbocycles. The molecule has 0 saturated carbocycles. The Balaban J connectivity index is 1.88. The Morgan fingerprint density at radius 3 is 2.50 bits per heavy atom. The number of aromatic nitrogens is 4. The summed E-state index contributed by atoms with van der Waals surface area (Å²) in [5.74, 6) is 1.52. The molecule has 118 valence electrons.